The molecule has 8 heteroatoms. The summed E-state index contributed by atoms with van der Waals surface area (Å²) in [5, 5.41) is 15.7. The molecule has 2 aromatic heterocycles. The van der Waals surface area contributed by atoms with E-state index in [1.54, 1.807) is 6.20 Å². The quantitative estimate of drug-likeness (QED) is 0.263. The van der Waals surface area contributed by atoms with Crippen molar-refractivity contribution >= 4 is 29.9 Å². The Morgan fingerprint density at radius 2 is 1.94 bits per heavy atom. The summed E-state index contributed by atoms with van der Waals surface area (Å²) in [5.74, 6) is 0.859. The van der Waals surface area contributed by atoms with E-state index in [0.717, 1.165) is 43.3 Å². The highest BCUT2D eigenvalue weighted by Gasteiger charge is 2.14. The van der Waals surface area contributed by atoms with Crippen molar-refractivity contribution in [1.29, 1.82) is 0 Å². The van der Waals surface area contributed by atoms with Gasteiger partial charge in [0, 0.05) is 44.3 Å². The number of aliphatic imine (C=N–C) groups is 1. The molecule has 0 radical (unpaired) electrons. The molecule has 0 saturated heterocycles. The van der Waals surface area contributed by atoms with Crippen LogP contribution in [0.1, 0.15) is 36.4 Å². The molecule has 0 saturated carbocycles. The molecule has 0 bridgehead atoms. The van der Waals surface area contributed by atoms with Crippen molar-refractivity contribution in [2.45, 2.75) is 46.6 Å². The molecule has 3 rings (SSSR count). The molecule has 0 aliphatic heterocycles. The van der Waals surface area contributed by atoms with Gasteiger partial charge in [0.1, 0.15) is 0 Å². The van der Waals surface area contributed by atoms with Gasteiger partial charge in [-0.05, 0) is 69.9 Å². The minimum Gasteiger partial charge on any atom is -0.357 e. The topological polar surface area (TPSA) is 72.1 Å². The lowest BCUT2D eigenvalue weighted by molar-refractivity contribution is 0.635. The zero-order valence-electron chi connectivity index (χ0n) is 19.1. The molecule has 3 aromatic rings. The molecule has 1 aromatic carbocycles. The third kappa shape index (κ3) is 6.81. The number of benzene rings is 1. The average Bonchev–Trinajstić information content (AvgIpc) is 3.34. The normalized spacial score (nSPS) is 12.4. The molecular weight excluding hydrogens is 501 g/mol. The monoisotopic (exact) mass is 535 g/mol. The standard InChI is InChI=1S/C23H33N7.HI/c1-6-24-23(27-17(2)16-22-18(3)28-29(5)19(22)4)25-14-12-20-8-10-21(11-9-20)30-15-7-13-26-30;/h7-11,13,15,17H,6,12,14,16H2,1-5H3,(H2,24,25,27);1H. The van der Waals surface area contributed by atoms with E-state index in [1.807, 2.05) is 28.7 Å². The predicted molar refractivity (Wildman–Crippen MR) is 138 cm³/mol. The van der Waals surface area contributed by atoms with Gasteiger partial charge in [0.05, 0.1) is 11.4 Å². The maximum Gasteiger partial charge on any atom is 0.191 e. The highest BCUT2D eigenvalue weighted by atomic mass is 127. The van der Waals surface area contributed by atoms with Gasteiger partial charge in [-0.2, -0.15) is 10.2 Å². The summed E-state index contributed by atoms with van der Waals surface area (Å²) in [6.45, 7) is 10.0. The molecule has 31 heavy (non-hydrogen) atoms. The van der Waals surface area contributed by atoms with Crippen LogP contribution in [-0.4, -0.2) is 44.7 Å². The van der Waals surface area contributed by atoms with Gasteiger partial charge in [0.15, 0.2) is 5.96 Å². The minimum absolute atomic E-state index is 0. The first-order valence-corrected chi connectivity index (χ1v) is 10.6. The maximum absolute atomic E-state index is 4.77. The maximum atomic E-state index is 4.77. The second kappa shape index (κ2) is 11.9. The summed E-state index contributed by atoms with van der Waals surface area (Å²) in [4.78, 5) is 4.77. The number of rotatable bonds is 8. The van der Waals surface area contributed by atoms with Crippen LogP contribution >= 0.6 is 24.0 Å². The molecule has 1 atom stereocenters. The van der Waals surface area contributed by atoms with Gasteiger partial charge in [-0.3, -0.25) is 9.67 Å². The van der Waals surface area contributed by atoms with Crippen molar-refractivity contribution < 1.29 is 0 Å². The smallest absolute Gasteiger partial charge is 0.191 e. The summed E-state index contributed by atoms with van der Waals surface area (Å²) in [6.07, 6.45) is 5.55. The number of nitrogens with zero attached hydrogens (tertiary/aromatic N) is 5. The SMILES string of the molecule is CCNC(=NCCc1ccc(-n2cccn2)cc1)NC(C)Cc1c(C)nn(C)c1C.I. The molecule has 0 aliphatic rings. The van der Waals surface area contributed by atoms with E-state index in [9.17, 15) is 0 Å². The average molecular weight is 535 g/mol. The number of aromatic nitrogens is 4. The molecule has 7 nitrogen and oxygen atoms in total. The van der Waals surface area contributed by atoms with Gasteiger partial charge in [0.25, 0.3) is 0 Å². The highest BCUT2D eigenvalue weighted by Crippen LogP contribution is 2.14. The van der Waals surface area contributed by atoms with E-state index in [2.05, 4.69) is 72.8 Å². The van der Waals surface area contributed by atoms with Crippen molar-refractivity contribution in [3.05, 3.63) is 65.2 Å². The van der Waals surface area contributed by atoms with Crippen LogP contribution in [0.15, 0.2) is 47.7 Å². The summed E-state index contributed by atoms with van der Waals surface area (Å²) >= 11 is 0. The van der Waals surface area contributed by atoms with Gasteiger partial charge in [0.2, 0.25) is 0 Å². The lowest BCUT2D eigenvalue weighted by Gasteiger charge is -2.18. The first kappa shape index (κ1) is 24.9. The third-order valence-electron chi connectivity index (χ3n) is 5.27. The van der Waals surface area contributed by atoms with Crippen molar-refractivity contribution in [2.24, 2.45) is 12.0 Å². The Morgan fingerprint density at radius 1 is 1.19 bits per heavy atom. The van der Waals surface area contributed by atoms with Crippen molar-refractivity contribution in [3.63, 3.8) is 0 Å². The van der Waals surface area contributed by atoms with Crippen LogP contribution in [-0.2, 0) is 19.9 Å². The molecule has 0 amide bonds. The largest absolute Gasteiger partial charge is 0.357 e. The second-order valence-corrected chi connectivity index (χ2v) is 7.65. The van der Waals surface area contributed by atoms with Crippen LogP contribution in [0.3, 0.4) is 0 Å². The fourth-order valence-electron chi connectivity index (χ4n) is 3.56. The summed E-state index contributed by atoms with van der Waals surface area (Å²) in [7, 11) is 2.00. The van der Waals surface area contributed by atoms with Gasteiger partial charge >= 0.3 is 0 Å². The Bertz CT molecular complexity index is 959. The molecule has 2 heterocycles. The van der Waals surface area contributed by atoms with Crippen LogP contribution in [0, 0.1) is 13.8 Å². The Balaban J connectivity index is 0.00000341. The number of hydrogen-bond donors (Lipinski definition) is 2. The second-order valence-electron chi connectivity index (χ2n) is 7.65. The van der Waals surface area contributed by atoms with Gasteiger partial charge in [-0.15, -0.1) is 24.0 Å². The first-order chi connectivity index (χ1) is 14.5. The van der Waals surface area contributed by atoms with E-state index < -0.39 is 0 Å². The fourth-order valence-corrected chi connectivity index (χ4v) is 3.56. The molecule has 1 unspecified atom stereocenters. The number of hydrogen-bond acceptors (Lipinski definition) is 3. The Kier molecular flexibility index (Phi) is 9.54. The molecule has 168 valence electrons. The van der Waals surface area contributed by atoms with Crippen LogP contribution in [0.4, 0.5) is 0 Å². The zero-order valence-corrected chi connectivity index (χ0v) is 21.4. The van der Waals surface area contributed by atoms with Crippen LogP contribution in [0.2, 0.25) is 0 Å². The van der Waals surface area contributed by atoms with Crippen molar-refractivity contribution in [3.8, 4) is 5.69 Å². The van der Waals surface area contributed by atoms with E-state index in [0.29, 0.717) is 0 Å². The predicted octanol–water partition coefficient (Wildman–Crippen LogP) is 3.57. The molecule has 0 fully saturated rings. The number of guanidine groups is 1. The molecule has 2 N–H and O–H groups in total. The molecule has 0 aliphatic carbocycles. The van der Waals surface area contributed by atoms with Crippen molar-refractivity contribution in [2.75, 3.05) is 13.1 Å². The van der Waals surface area contributed by atoms with Crippen LogP contribution < -0.4 is 10.6 Å². The summed E-state index contributed by atoms with van der Waals surface area (Å²) in [5.41, 5.74) is 5.97. The van der Waals surface area contributed by atoms with Gasteiger partial charge in [-0.1, -0.05) is 12.1 Å². The zero-order chi connectivity index (χ0) is 21.5. The van der Waals surface area contributed by atoms with Gasteiger partial charge in [-0.25, -0.2) is 4.68 Å². The fraction of sp³-hybridized carbons (Fsp3) is 0.435. The van der Waals surface area contributed by atoms with Crippen LogP contribution in [0.5, 0.6) is 0 Å². The lowest BCUT2D eigenvalue weighted by Crippen LogP contribution is -2.43. The molecule has 0 spiro atoms. The van der Waals surface area contributed by atoms with E-state index in [-0.39, 0.29) is 30.0 Å². The molecular formula is C23H34IN7. The number of nitrogens with one attached hydrogen (secondary N) is 2. The summed E-state index contributed by atoms with van der Waals surface area (Å²) in [6, 6.07) is 10.7. The summed E-state index contributed by atoms with van der Waals surface area (Å²) < 4.78 is 3.82. The number of aryl methyl sites for hydroxylation is 2. The Morgan fingerprint density at radius 3 is 2.52 bits per heavy atom. The van der Waals surface area contributed by atoms with Crippen molar-refractivity contribution in [1.82, 2.24) is 30.2 Å². The lowest BCUT2D eigenvalue weighted by atomic mass is 10.1. The number of halogens is 1. The van der Waals surface area contributed by atoms with E-state index in [4.69, 9.17) is 4.99 Å². The minimum atomic E-state index is 0. The first-order valence-electron chi connectivity index (χ1n) is 10.6. The van der Waals surface area contributed by atoms with E-state index in [1.165, 1.54) is 16.8 Å². The van der Waals surface area contributed by atoms with E-state index >= 15 is 0 Å². The van der Waals surface area contributed by atoms with Gasteiger partial charge < -0.3 is 10.6 Å². The Hall–Kier alpha value is -2.36. The van der Waals surface area contributed by atoms with Crippen LogP contribution in [0.25, 0.3) is 5.69 Å². The third-order valence-corrected chi connectivity index (χ3v) is 5.27. The highest BCUT2D eigenvalue weighted by molar-refractivity contribution is 14.0. The Labute approximate surface area is 202 Å².